The second kappa shape index (κ2) is 8.26. The van der Waals surface area contributed by atoms with Crippen LogP contribution in [0.25, 0.3) is 0 Å². The summed E-state index contributed by atoms with van der Waals surface area (Å²) >= 11 is 1.56. The van der Waals surface area contributed by atoms with Gasteiger partial charge in [-0.2, -0.15) is 13.9 Å². The molecule has 0 fully saturated rings. The zero-order valence-electron chi connectivity index (χ0n) is 15.6. The Kier molecular flexibility index (Phi) is 5.54. The molecule has 29 heavy (non-hydrogen) atoms. The van der Waals surface area contributed by atoms with Crippen molar-refractivity contribution in [2.24, 2.45) is 5.10 Å². The zero-order valence-corrected chi connectivity index (χ0v) is 16.4. The fourth-order valence-electron chi connectivity index (χ4n) is 3.28. The summed E-state index contributed by atoms with van der Waals surface area (Å²) in [6.45, 7) is -2.53. The number of hydrogen-bond donors (Lipinski definition) is 0. The lowest BCUT2D eigenvalue weighted by Crippen LogP contribution is -2.36. The Labute approximate surface area is 169 Å². The van der Waals surface area contributed by atoms with Crippen LogP contribution in [0.3, 0.4) is 0 Å². The van der Waals surface area contributed by atoms with E-state index in [1.807, 2.05) is 23.6 Å². The summed E-state index contributed by atoms with van der Waals surface area (Å²) in [7, 11) is 1.69. The number of amides is 1. The van der Waals surface area contributed by atoms with Gasteiger partial charge in [0.1, 0.15) is 17.3 Å². The van der Waals surface area contributed by atoms with Gasteiger partial charge in [0, 0.05) is 23.7 Å². The first-order chi connectivity index (χ1) is 14.0. The highest BCUT2D eigenvalue weighted by Gasteiger charge is 2.35. The predicted octanol–water partition coefficient (Wildman–Crippen LogP) is 3.74. The fourth-order valence-corrected chi connectivity index (χ4v) is 4.09. The molecule has 0 bridgehead atoms. The number of likely N-dealkylation sites (N-methyl/N-ethyl adjacent to an activating group) is 1. The van der Waals surface area contributed by atoms with E-state index in [2.05, 4.69) is 10.1 Å². The molecular weight excluding hydrogens is 400 g/mol. The van der Waals surface area contributed by atoms with E-state index < -0.39 is 6.55 Å². The van der Waals surface area contributed by atoms with Crippen molar-refractivity contribution in [2.45, 2.75) is 25.6 Å². The van der Waals surface area contributed by atoms with Crippen molar-refractivity contribution in [1.29, 1.82) is 0 Å². The molecule has 1 atom stereocenters. The third-order valence-electron chi connectivity index (χ3n) is 4.62. The van der Waals surface area contributed by atoms with Crippen molar-refractivity contribution in [3.63, 3.8) is 0 Å². The van der Waals surface area contributed by atoms with E-state index in [0.717, 1.165) is 9.44 Å². The Morgan fingerprint density at radius 1 is 1.41 bits per heavy atom. The number of nitrogens with zero attached hydrogens (tertiary/aromatic N) is 5. The Balaban J connectivity index is 1.49. The van der Waals surface area contributed by atoms with Gasteiger partial charge < -0.3 is 4.42 Å². The molecule has 1 unspecified atom stereocenters. The van der Waals surface area contributed by atoms with Crippen molar-refractivity contribution >= 4 is 23.0 Å². The summed E-state index contributed by atoms with van der Waals surface area (Å²) in [6, 6.07) is 7.29. The van der Waals surface area contributed by atoms with E-state index >= 15 is 0 Å². The number of furan rings is 1. The lowest BCUT2D eigenvalue weighted by Gasteiger charge is -2.23. The minimum Gasteiger partial charge on any atom is -0.463 e. The van der Waals surface area contributed by atoms with E-state index in [9.17, 15) is 13.6 Å². The summed E-state index contributed by atoms with van der Waals surface area (Å²) in [5, 5.41) is 7.94. The molecule has 7 nitrogen and oxygen atoms in total. The maximum atomic E-state index is 13.0. The number of alkyl halides is 2. The van der Waals surface area contributed by atoms with Gasteiger partial charge >= 0.3 is 6.55 Å². The number of carbonyl (C=O) groups excluding carboxylic acids is 1. The van der Waals surface area contributed by atoms with E-state index in [1.54, 1.807) is 35.6 Å². The molecule has 4 rings (SSSR count). The molecule has 4 heterocycles. The zero-order chi connectivity index (χ0) is 20.4. The van der Waals surface area contributed by atoms with Crippen molar-refractivity contribution < 1.29 is 18.0 Å². The quantitative estimate of drug-likeness (QED) is 0.585. The molecule has 0 spiro atoms. The van der Waals surface area contributed by atoms with Crippen LogP contribution in [-0.2, 0) is 11.3 Å². The van der Waals surface area contributed by atoms with Crippen LogP contribution in [0.15, 0.2) is 57.8 Å². The van der Waals surface area contributed by atoms with E-state index in [0.29, 0.717) is 17.9 Å². The lowest BCUT2D eigenvalue weighted by atomic mass is 10.1. The van der Waals surface area contributed by atoms with Crippen LogP contribution in [0.4, 0.5) is 8.78 Å². The van der Waals surface area contributed by atoms with E-state index in [-0.39, 0.29) is 30.9 Å². The molecule has 10 heteroatoms. The van der Waals surface area contributed by atoms with Crippen LogP contribution >= 0.6 is 11.3 Å². The maximum Gasteiger partial charge on any atom is 0.319 e. The van der Waals surface area contributed by atoms with Crippen LogP contribution in [-0.4, -0.2) is 44.7 Å². The third kappa shape index (κ3) is 4.13. The highest BCUT2D eigenvalue weighted by molar-refractivity contribution is 7.10. The fraction of sp³-hybridized carbons (Fsp3) is 0.316. The molecule has 3 aromatic heterocycles. The molecule has 1 amide bonds. The van der Waals surface area contributed by atoms with Gasteiger partial charge in [-0.3, -0.25) is 14.3 Å². The van der Waals surface area contributed by atoms with E-state index in [1.165, 1.54) is 17.4 Å². The number of hydrazone groups is 1. The van der Waals surface area contributed by atoms with Gasteiger partial charge in [0.25, 0.3) is 5.91 Å². The van der Waals surface area contributed by atoms with Crippen molar-refractivity contribution in [2.75, 3.05) is 13.6 Å². The Morgan fingerprint density at radius 2 is 2.28 bits per heavy atom. The standard InChI is InChI=1S/C19H19F2N5O2S/c1-24(11-17-22-6-7-25(17)19(20)21)12-18(27)26-14(16-5-3-9-29-16)10-13(23-26)15-4-2-8-28-15/h2-9,14,19H,10-12H2,1H3. The maximum absolute atomic E-state index is 13.0. The number of halogens is 2. The number of imidazole rings is 1. The van der Waals surface area contributed by atoms with E-state index in [4.69, 9.17) is 4.42 Å². The SMILES string of the molecule is CN(CC(=O)N1N=C(c2ccco2)CC1c1cccs1)Cc1nccn1C(F)F. The first-order valence-corrected chi connectivity index (χ1v) is 9.86. The van der Waals surface area contributed by atoms with Gasteiger partial charge in [-0.05, 0) is 30.6 Å². The van der Waals surface area contributed by atoms with Gasteiger partial charge in [0.2, 0.25) is 0 Å². The first kappa shape index (κ1) is 19.5. The summed E-state index contributed by atoms with van der Waals surface area (Å²) in [6.07, 6.45) is 4.67. The van der Waals surface area contributed by atoms with Crippen molar-refractivity contribution in [1.82, 2.24) is 19.5 Å². The summed E-state index contributed by atoms with van der Waals surface area (Å²) < 4.78 is 32.2. The average molecular weight is 419 g/mol. The Morgan fingerprint density at radius 3 is 2.97 bits per heavy atom. The first-order valence-electron chi connectivity index (χ1n) is 8.98. The molecule has 0 N–H and O–H groups in total. The number of hydrogen-bond acceptors (Lipinski definition) is 6. The normalized spacial score (nSPS) is 16.8. The largest absolute Gasteiger partial charge is 0.463 e. The summed E-state index contributed by atoms with van der Waals surface area (Å²) in [4.78, 5) is 19.6. The van der Waals surface area contributed by atoms with Gasteiger partial charge in [-0.1, -0.05) is 6.07 Å². The molecule has 152 valence electrons. The topological polar surface area (TPSA) is 66.9 Å². The second-order valence-electron chi connectivity index (χ2n) is 6.70. The molecule has 0 saturated carbocycles. The van der Waals surface area contributed by atoms with Gasteiger partial charge in [-0.15, -0.1) is 11.3 Å². The van der Waals surface area contributed by atoms with Gasteiger partial charge in [0.15, 0.2) is 0 Å². The lowest BCUT2D eigenvalue weighted by molar-refractivity contribution is -0.134. The van der Waals surface area contributed by atoms with Gasteiger partial charge in [-0.25, -0.2) is 9.99 Å². The number of rotatable bonds is 7. The van der Waals surface area contributed by atoms with Crippen LogP contribution in [0, 0.1) is 0 Å². The molecule has 3 aromatic rings. The monoisotopic (exact) mass is 419 g/mol. The molecule has 0 saturated heterocycles. The summed E-state index contributed by atoms with van der Waals surface area (Å²) in [5.74, 6) is 0.614. The smallest absolute Gasteiger partial charge is 0.319 e. The molecule has 0 aromatic carbocycles. The number of carbonyl (C=O) groups is 1. The van der Waals surface area contributed by atoms with Crippen LogP contribution in [0.5, 0.6) is 0 Å². The predicted molar refractivity (Wildman–Crippen MR) is 104 cm³/mol. The molecule has 0 radical (unpaired) electrons. The summed E-state index contributed by atoms with van der Waals surface area (Å²) in [5.41, 5.74) is 0.706. The molecule has 1 aliphatic rings. The molecule has 1 aliphatic heterocycles. The van der Waals surface area contributed by atoms with Gasteiger partial charge in [0.05, 0.1) is 25.4 Å². The van der Waals surface area contributed by atoms with Crippen molar-refractivity contribution in [3.05, 3.63) is 64.8 Å². The minimum atomic E-state index is -2.67. The third-order valence-corrected chi connectivity index (χ3v) is 5.59. The number of aromatic nitrogens is 2. The highest BCUT2D eigenvalue weighted by Crippen LogP contribution is 2.35. The molecular formula is C19H19F2N5O2S. The molecule has 0 aliphatic carbocycles. The Bertz CT molecular complexity index is 984. The van der Waals surface area contributed by atoms with Crippen LogP contribution in [0.2, 0.25) is 0 Å². The Hall–Kier alpha value is -2.85. The van der Waals surface area contributed by atoms with Crippen LogP contribution in [0.1, 0.15) is 35.5 Å². The highest BCUT2D eigenvalue weighted by atomic mass is 32.1. The minimum absolute atomic E-state index is 0.0207. The number of thiophene rings is 1. The van der Waals surface area contributed by atoms with Crippen molar-refractivity contribution in [3.8, 4) is 0 Å². The van der Waals surface area contributed by atoms with Crippen LogP contribution < -0.4 is 0 Å². The average Bonchev–Trinajstić information content (AvgIpc) is 3.47. The second-order valence-corrected chi connectivity index (χ2v) is 7.68.